The summed E-state index contributed by atoms with van der Waals surface area (Å²) >= 11 is 0. The fraction of sp³-hybridized carbons (Fsp3) is 0.250. The lowest BCUT2D eigenvalue weighted by Gasteiger charge is -2.19. The summed E-state index contributed by atoms with van der Waals surface area (Å²) in [6.07, 6.45) is 0.349. The number of benzene rings is 2. The summed E-state index contributed by atoms with van der Waals surface area (Å²) in [6, 6.07) is 19.1. The zero-order chi connectivity index (χ0) is 22.4. The Hall–Kier alpha value is -3.74. The van der Waals surface area contributed by atoms with E-state index < -0.39 is 11.6 Å². The summed E-state index contributed by atoms with van der Waals surface area (Å²) in [5.41, 5.74) is 1.47. The number of amides is 2. The Morgan fingerprint density at radius 3 is 2.13 bits per heavy atom. The highest BCUT2D eigenvalue weighted by molar-refractivity contribution is 5.94. The van der Waals surface area contributed by atoms with Crippen LogP contribution in [0.4, 0.5) is 11.4 Å². The summed E-state index contributed by atoms with van der Waals surface area (Å²) in [5, 5.41) is 10.00. The molecule has 0 fully saturated rings. The van der Waals surface area contributed by atoms with Gasteiger partial charge in [0, 0.05) is 17.2 Å². The third-order valence-corrected chi connectivity index (χ3v) is 4.81. The van der Waals surface area contributed by atoms with Crippen molar-refractivity contribution in [2.45, 2.75) is 33.2 Å². The third-order valence-electron chi connectivity index (χ3n) is 4.81. The van der Waals surface area contributed by atoms with Crippen LogP contribution >= 0.6 is 0 Å². The van der Waals surface area contributed by atoms with Gasteiger partial charge in [-0.05, 0) is 24.6 Å². The molecule has 2 N–H and O–H groups in total. The third kappa shape index (κ3) is 5.25. The monoisotopic (exact) mass is 418 g/mol. The molecule has 2 aromatic carbocycles. The fourth-order valence-corrected chi connectivity index (χ4v) is 3.06. The first-order chi connectivity index (χ1) is 14.9. The first-order valence-electron chi connectivity index (χ1n) is 10.3. The number of rotatable bonds is 7. The van der Waals surface area contributed by atoms with Gasteiger partial charge >= 0.3 is 0 Å². The van der Waals surface area contributed by atoms with E-state index in [1.54, 1.807) is 32.0 Å². The molecule has 0 aliphatic rings. The number of hydrogen-bond donors (Lipinski definition) is 2. The molecule has 7 nitrogen and oxygen atoms in total. The van der Waals surface area contributed by atoms with Gasteiger partial charge in [0.1, 0.15) is 11.7 Å². The van der Waals surface area contributed by atoms with E-state index >= 15 is 0 Å². The van der Waals surface area contributed by atoms with Crippen LogP contribution in [0.15, 0.2) is 71.5 Å². The van der Waals surface area contributed by atoms with Crippen molar-refractivity contribution in [3.63, 3.8) is 0 Å². The van der Waals surface area contributed by atoms with Gasteiger partial charge in [0.15, 0.2) is 0 Å². The number of nitrogens with zero attached hydrogens (tertiary/aromatic N) is 2. The molecule has 0 unspecified atom stereocenters. The highest BCUT2D eigenvalue weighted by Gasteiger charge is 2.24. The molecule has 0 saturated carbocycles. The summed E-state index contributed by atoms with van der Waals surface area (Å²) < 4.78 is 1.16. The van der Waals surface area contributed by atoms with E-state index in [1.165, 1.54) is 0 Å². The number of para-hydroxylation sites is 1. The average molecular weight is 418 g/mol. The average Bonchev–Trinajstić information content (AvgIpc) is 2.77. The van der Waals surface area contributed by atoms with Gasteiger partial charge in [-0.3, -0.25) is 14.4 Å². The molecule has 1 heterocycles. The first-order valence-corrected chi connectivity index (χ1v) is 10.3. The number of hydrogen-bond acceptors (Lipinski definition) is 4. The molecule has 0 saturated heterocycles. The zero-order valence-corrected chi connectivity index (χ0v) is 17.8. The van der Waals surface area contributed by atoms with E-state index in [2.05, 4.69) is 15.7 Å². The van der Waals surface area contributed by atoms with Crippen LogP contribution in [0.5, 0.6) is 0 Å². The number of nitrogens with one attached hydrogen (secondary N) is 2. The molecule has 1 aromatic heterocycles. The van der Waals surface area contributed by atoms with Gasteiger partial charge in [-0.15, -0.1) is 0 Å². The normalized spacial score (nSPS) is 11.7. The highest BCUT2D eigenvalue weighted by Crippen LogP contribution is 2.21. The Labute approximate surface area is 181 Å². The molecule has 0 aliphatic heterocycles. The molecule has 2 amide bonds. The van der Waals surface area contributed by atoms with Crippen LogP contribution in [-0.2, 0) is 9.59 Å². The van der Waals surface area contributed by atoms with Crippen LogP contribution in [0.3, 0.4) is 0 Å². The highest BCUT2D eigenvalue weighted by atomic mass is 16.2. The van der Waals surface area contributed by atoms with Crippen molar-refractivity contribution in [2.75, 3.05) is 10.6 Å². The largest absolute Gasteiger partial charge is 0.324 e. The van der Waals surface area contributed by atoms with Crippen molar-refractivity contribution in [3.05, 3.63) is 77.1 Å². The van der Waals surface area contributed by atoms with Crippen LogP contribution in [0.25, 0.3) is 11.3 Å². The zero-order valence-electron chi connectivity index (χ0n) is 17.8. The number of anilines is 2. The van der Waals surface area contributed by atoms with Gasteiger partial charge in [-0.25, -0.2) is 4.68 Å². The molecule has 160 valence electrons. The van der Waals surface area contributed by atoms with Gasteiger partial charge in [-0.2, -0.15) is 5.10 Å². The van der Waals surface area contributed by atoms with E-state index in [1.807, 2.05) is 55.5 Å². The second-order valence-corrected chi connectivity index (χ2v) is 7.48. The Morgan fingerprint density at radius 2 is 1.55 bits per heavy atom. The number of carbonyl (C=O) groups excluding carboxylic acids is 2. The molecule has 0 bridgehead atoms. The molecule has 0 radical (unpaired) electrons. The number of aromatic nitrogens is 2. The topological polar surface area (TPSA) is 93.1 Å². The molecule has 1 atom stereocenters. The summed E-state index contributed by atoms with van der Waals surface area (Å²) in [5.74, 6) is -0.935. The van der Waals surface area contributed by atoms with E-state index in [0.29, 0.717) is 17.8 Å². The lowest BCUT2D eigenvalue weighted by Crippen LogP contribution is -2.37. The molecular weight excluding hydrogens is 392 g/mol. The van der Waals surface area contributed by atoms with Gasteiger partial charge < -0.3 is 10.6 Å². The summed E-state index contributed by atoms with van der Waals surface area (Å²) in [4.78, 5) is 38.4. The van der Waals surface area contributed by atoms with Crippen molar-refractivity contribution in [2.24, 2.45) is 5.92 Å². The first kappa shape index (κ1) is 22.0. The van der Waals surface area contributed by atoms with Gasteiger partial charge in [0.05, 0.1) is 5.69 Å². The van der Waals surface area contributed by atoms with Crippen LogP contribution in [-0.4, -0.2) is 21.6 Å². The van der Waals surface area contributed by atoms with E-state index in [0.717, 1.165) is 10.2 Å². The van der Waals surface area contributed by atoms with Gasteiger partial charge in [0.2, 0.25) is 11.8 Å². The summed E-state index contributed by atoms with van der Waals surface area (Å²) in [6.45, 7) is 5.30. The van der Waals surface area contributed by atoms with Crippen LogP contribution in [0.1, 0.15) is 33.2 Å². The minimum Gasteiger partial charge on any atom is -0.324 e. The molecule has 31 heavy (non-hydrogen) atoms. The Bertz CT molecular complexity index is 1110. The Balaban J connectivity index is 2.06. The smallest absolute Gasteiger partial charge is 0.291 e. The van der Waals surface area contributed by atoms with Crippen LogP contribution in [0, 0.1) is 5.92 Å². The van der Waals surface area contributed by atoms with Crippen LogP contribution in [0.2, 0.25) is 0 Å². The van der Waals surface area contributed by atoms with Crippen LogP contribution < -0.4 is 16.2 Å². The molecular formula is C24H26N4O3. The van der Waals surface area contributed by atoms with Gasteiger partial charge in [0.25, 0.3) is 5.56 Å². The minimum absolute atomic E-state index is 0.0958. The van der Waals surface area contributed by atoms with E-state index in [9.17, 15) is 14.4 Å². The lowest BCUT2D eigenvalue weighted by molar-refractivity contribution is -0.120. The number of carbonyl (C=O) groups is 2. The Kier molecular flexibility index (Phi) is 6.97. The minimum atomic E-state index is -0.842. The molecule has 7 heteroatoms. The summed E-state index contributed by atoms with van der Waals surface area (Å²) in [7, 11) is 0. The molecule has 3 rings (SSSR count). The van der Waals surface area contributed by atoms with Crippen molar-refractivity contribution < 1.29 is 9.59 Å². The van der Waals surface area contributed by atoms with Gasteiger partial charge in [-0.1, -0.05) is 69.3 Å². The van der Waals surface area contributed by atoms with Crippen molar-refractivity contribution in [1.82, 2.24) is 9.78 Å². The maximum Gasteiger partial charge on any atom is 0.291 e. The fourth-order valence-electron chi connectivity index (χ4n) is 3.06. The predicted molar refractivity (Wildman–Crippen MR) is 122 cm³/mol. The Morgan fingerprint density at radius 1 is 0.935 bits per heavy atom. The van der Waals surface area contributed by atoms with Crippen molar-refractivity contribution in [3.8, 4) is 11.3 Å². The van der Waals surface area contributed by atoms with Crippen molar-refractivity contribution in [1.29, 1.82) is 0 Å². The second-order valence-electron chi connectivity index (χ2n) is 7.48. The predicted octanol–water partition coefficient (Wildman–Crippen LogP) is 4.09. The maximum atomic E-state index is 13.2. The van der Waals surface area contributed by atoms with Crippen molar-refractivity contribution >= 4 is 23.2 Å². The second kappa shape index (κ2) is 9.84. The van der Waals surface area contributed by atoms with E-state index in [4.69, 9.17) is 0 Å². The quantitative estimate of drug-likeness (QED) is 0.604. The molecule has 0 aliphatic carbocycles. The van der Waals surface area contributed by atoms with E-state index in [-0.39, 0.29) is 23.4 Å². The maximum absolute atomic E-state index is 13.2. The standard InChI is InChI=1S/C24H26N4O3/c1-4-21(23(30)25-18-13-9-6-10-14-18)28-24(31)20(26-22(29)16(2)3)15-19(27-28)17-11-7-5-8-12-17/h5-16,21H,4H2,1-3H3,(H,25,30)(H,26,29)/t21-/m1/s1. The SMILES string of the molecule is CC[C@H](C(=O)Nc1ccccc1)n1nc(-c2ccccc2)cc(NC(=O)C(C)C)c1=O. The molecule has 0 spiro atoms. The lowest BCUT2D eigenvalue weighted by atomic mass is 10.1. The molecule has 3 aromatic rings.